The molecule has 1 aromatic heterocycles. The maximum atomic E-state index is 3.64. The second-order valence-corrected chi connectivity index (χ2v) is 8.29. The van der Waals surface area contributed by atoms with Gasteiger partial charge >= 0.3 is 0 Å². The molecule has 1 heterocycles. The maximum absolute atomic E-state index is 3.64. The van der Waals surface area contributed by atoms with Gasteiger partial charge in [-0.2, -0.15) is 0 Å². The molecule has 1 rings (SSSR count). The van der Waals surface area contributed by atoms with Crippen LogP contribution >= 0.6 is 11.3 Å². The maximum Gasteiger partial charge on any atom is 0.00516 e. The lowest BCUT2D eigenvalue weighted by atomic mass is 9.78. The van der Waals surface area contributed by atoms with Gasteiger partial charge in [-0.15, -0.1) is 11.3 Å². The summed E-state index contributed by atoms with van der Waals surface area (Å²) in [4.78, 5) is 3.06. The van der Waals surface area contributed by atoms with Crippen LogP contribution in [0.5, 0.6) is 0 Å². The Labute approximate surface area is 123 Å². The van der Waals surface area contributed by atoms with Crippen molar-refractivity contribution in [1.29, 1.82) is 0 Å². The van der Waals surface area contributed by atoms with E-state index >= 15 is 0 Å². The molecule has 0 aliphatic rings. The van der Waals surface area contributed by atoms with Crippen LogP contribution in [0.2, 0.25) is 0 Å². The summed E-state index contributed by atoms with van der Waals surface area (Å²) in [5, 5.41) is 3.64. The van der Waals surface area contributed by atoms with E-state index in [2.05, 4.69) is 59.0 Å². The van der Waals surface area contributed by atoms with Gasteiger partial charge < -0.3 is 5.32 Å². The zero-order chi connectivity index (χ0) is 14.5. The summed E-state index contributed by atoms with van der Waals surface area (Å²) in [5.74, 6) is 1.43. The summed E-state index contributed by atoms with van der Waals surface area (Å²) >= 11 is 1.99. The number of aryl methyl sites for hydroxylation is 1. The van der Waals surface area contributed by atoms with Crippen molar-refractivity contribution < 1.29 is 0 Å². The van der Waals surface area contributed by atoms with E-state index in [1.807, 2.05) is 11.3 Å². The summed E-state index contributed by atoms with van der Waals surface area (Å²) in [6, 6.07) is 4.62. The minimum absolute atomic E-state index is 0.361. The highest BCUT2D eigenvalue weighted by Gasteiger charge is 2.25. The number of thiophene rings is 1. The van der Waals surface area contributed by atoms with E-state index in [1.54, 1.807) is 4.88 Å². The van der Waals surface area contributed by atoms with E-state index in [0.717, 1.165) is 25.4 Å². The molecule has 0 spiro atoms. The first-order valence-electron chi connectivity index (χ1n) is 7.61. The zero-order valence-electron chi connectivity index (χ0n) is 13.5. The molecule has 19 heavy (non-hydrogen) atoms. The normalized spacial score (nSPS) is 14.1. The van der Waals surface area contributed by atoms with Crippen LogP contribution in [-0.4, -0.2) is 13.1 Å². The van der Waals surface area contributed by atoms with Gasteiger partial charge in [-0.25, -0.2) is 0 Å². The first kappa shape index (κ1) is 16.7. The summed E-state index contributed by atoms with van der Waals surface area (Å²) < 4.78 is 0. The van der Waals surface area contributed by atoms with E-state index < -0.39 is 0 Å². The molecule has 0 fully saturated rings. The Balaban J connectivity index is 2.59. The molecule has 0 bridgehead atoms. The van der Waals surface area contributed by atoms with Crippen molar-refractivity contribution in [3.63, 3.8) is 0 Å². The fourth-order valence-electron chi connectivity index (χ4n) is 2.20. The van der Waals surface area contributed by atoms with Gasteiger partial charge in [-0.3, -0.25) is 0 Å². The average Bonchev–Trinajstić information content (AvgIpc) is 2.73. The van der Waals surface area contributed by atoms with Gasteiger partial charge in [0.2, 0.25) is 0 Å². The monoisotopic (exact) mass is 281 g/mol. The molecule has 0 amide bonds. The van der Waals surface area contributed by atoms with Gasteiger partial charge in [0.25, 0.3) is 0 Å². The Morgan fingerprint density at radius 1 is 1.11 bits per heavy atom. The molecule has 1 nitrogen and oxygen atoms in total. The number of hydrogen-bond acceptors (Lipinski definition) is 2. The fraction of sp³-hybridized carbons (Fsp3) is 0.765. The van der Waals surface area contributed by atoms with Crippen LogP contribution in [-0.2, 0) is 12.8 Å². The fourth-order valence-corrected chi connectivity index (χ4v) is 3.23. The van der Waals surface area contributed by atoms with Crippen LogP contribution in [0.25, 0.3) is 0 Å². The topological polar surface area (TPSA) is 12.0 Å². The predicted octanol–water partition coefficient (Wildman–Crippen LogP) is 4.76. The average molecular weight is 282 g/mol. The van der Waals surface area contributed by atoms with E-state index in [-0.39, 0.29) is 0 Å². The summed E-state index contributed by atoms with van der Waals surface area (Å²) in [6.45, 7) is 16.1. The van der Waals surface area contributed by atoms with Crippen molar-refractivity contribution in [2.75, 3.05) is 13.1 Å². The Bertz CT molecular complexity index is 360. The minimum atomic E-state index is 0.361. The molecule has 1 aromatic rings. The Morgan fingerprint density at radius 3 is 2.21 bits per heavy atom. The zero-order valence-corrected chi connectivity index (χ0v) is 14.4. The highest BCUT2D eigenvalue weighted by molar-refractivity contribution is 7.11. The van der Waals surface area contributed by atoms with Crippen molar-refractivity contribution in [2.24, 2.45) is 17.3 Å². The summed E-state index contributed by atoms with van der Waals surface area (Å²) in [7, 11) is 0. The number of hydrogen-bond donors (Lipinski definition) is 1. The highest BCUT2D eigenvalue weighted by atomic mass is 32.1. The third kappa shape index (κ3) is 6.09. The molecule has 2 heteroatoms. The molecule has 1 N–H and O–H groups in total. The molecule has 0 aromatic carbocycles. The largest absolute Gasteiger partial charge is 0.316 e. The standard InChI is InChI=1S/C17H31NS/c1-7-15-8-9-16(19-15)10-14(17(4,5)6)12-18-11-13(2)3/h8-9,13-14,18H,7,10-12H2,1-6H3. The molecule has 110 valence electrons. The summed E-state index contributed by atoms with van der Waals surface area (Å²) in [6.07, 6.45) is 2.37. The van der Waals surface area contributed by atoms with Crippen molar-refractivity contribution in [3.8, 4) is 0 Å². The number of nitrogens with one attached hydrogen (secondary N) is 1. The van der Waals surface area contributed by atoms with Crippen LogP contribution in [0.3, 0.4) is 0 Å². The van der Waals surface area contributed by atoms with Crippen LogP contribution in [0.4, 0.5) is 0 Å². The molecular formula is C17H31NS. The Morgan fingerprint density at radius 2 is 1.74 bits per heavy atom. The SMILES string of the molecule is CCc1ccc(CC(CNCC(C)C)C(C)(C)C)s1. The van der Waals surface area contributed by atoms with E-state index in [1.165, 1.54) is 11.3 Å². The molecule has 0 radical (unpaired) electrons. The lowest BCUT2D eigenvalue weighted by Gasteiger charge is -2.31. The van der Waals surface area contributed by atoms with Gasteiger partial charge in [0.15, 0.2) is 0 Å². The summed E-state index contributed by atoms with van der Waals surface area (Å²) in [5.41, 5.74) is 0.361. The first-order valence-corrected chi connectivity index (χ1v) is 8.42. The molecule has 0 aliphatic heterocycles. The van der Waals surface area contributed by atoms with E-state index in [4.69, 9.17) is 0 Å². The third-order valence-electron chi connectivity index (χ3n) is 3.68. The van der Waals surface area contributed by atoms with Gasteiger partial charge in [-0.05, 0) is 55.3 Å². The van der Waals surface area contributed by atoms with E-state index in [0.29, 0.717) is 11.3 Å². The van der Waals surface area contributed by atoms with Crippen LogP contribution in [0.1, 0.15) is 51.3 Å². The lowest BCUT2D eigenvalue weighted by Crippen LogP contribution is -2.34. The molecule has 0 saturated heterocycles. The second-order valence-electron chi connectivity index (χ2n) is 7.04. The highest BCUT2D eigenvalue weighted by Crippen LogP contribution is 2.31. The predicted molar refractivity (Wildman–Crippen MR) is 88.1 cm³/mol. The molecule has 1 atom stereocenters. The lowest BCUT2D eigenvalue weighted by molar-refractivity contribution is 0.230. The smallest absolute Gasteiger partial charge is 0.00516 e. The van der Waals surface area contributed by atoms with Gasteiger partial charge in [0.1, 0.15) is 0 Å². The van der Waals surface area contributed by atoms with Gasteiger partial charge in [0.05, 0.1) is 0 Å². The molecule has 0 saturated carbocycles. The molecule has 1 unspecified atom stereocenters. The van der Waals surface area contributed by atoms with E-state index in [9.17, 15) is 0 Å². The van der Waals surface area contributed by atoms with Crippen LogP contribution in [0.15, 0.2) is 12.1 Å². The molecule has 0 aliphatic carbocycles. The van der Waals surface area contributed by atoms with Crippen molar-refractivity contribution in [3.05, 3.63) is 21.9 Å². The Kier molecular flexibility index (Phi) is 6.55. The third-order valence-corrected chi connectivity index (χ3v) is 4.93. The number of rotatable bonds is 7. The first-order chi connectivity index (χ1) is 8.82. The minimum Gasteiger partial charge on any atom is -0.316 e. The molecular weight excluding hydrogens is 250 g/mol. The van der Waals surface area contributed by atoms with Crippen LogP contribution < -0.4 is 5.32 Å². The quantitative estimate of drug-likeness (QED) is 0.759. The second kappa shape index (κ2) is 7.44. The van der Waals surface area contributed by atoms with Gasteiger partial charge in [-0.1, -0.05) is 41.5 Å². The van der Waals surface area contributed by atoms with Crippen molar-refractivity contribution in [2.45, 2.75) is 54.4 Å². The van der Waals surface area contributed by atoms with Crippen molar-refractivity contribution >= 4 is 11.3 Å². The van der Waals surface area contributed by atoms with Crippen LogP contribution in [0, 0.1) is 17.3 Å². The Hall–Kier alpha value is -0.340. The van der Waals surface area contributed by atoms with Crippen molar-refractivity contribution in [1.82, 2.24) is 5.32 Å². The van der Waals surface area contributed by atoms with Gasteiger partial charge in [0, 0.05) is 9.75 Å².